The van der Waals surface area contributed by atoms with Crippen molar-refractivity contribution in [1.29, 1.82) is 0 Å². The van der Waals surface area contributed by atoms with E-state index in [9.17, 15) is 5.11 Å². The third kappa shape index (κ3) is 13.8. The monoisotopic (exact) mass is 266 g/mol. The molecule has 0 spiro atoms. The lowest BCUT2D eigenvalue weighted by Gasteiger charge is -2.06. The molecule has 0 heterocycles. The van der Waals surface area contributed by atoms with Crippen LogP contribution >= 0.6 is 0 Å². The van der Waals surface area contributed by atoms with E-state index in [0.29, 0.717) is 6.61 Å². The fourth-order valence-electron chi connectivity index (χ4n) is 1.70. The summed E-state index contributed by atoms with van der Waals surface area (Å²) in [5, 5.41) is 27.9. The lowest BCUT2D eigenvalue weighted by Crippen LogP contribution is -2.03. The summed E-state index contributed by atoms with van der Waals surface area (Å²) in [6.07, 6.45) is 9.51. The van der Waals surface area contributed by atoms with Gasteiger partial charge in [-0.2, -0.15) is 0 Å². The van der Waals surface area contributed by atoms with Crippen molar-refractivity contribution in [2.24, 2.45) is 0 Å². The molecule has 0 saturated heterocycles. The Morgan fingerprint density at radius 1 is 0.889 bits per heavy atom. The van der Waals surface area contributed by atoms with Crippen LogP contribution in [-0.4, -0.2) is 23.1 Å². The van der Waals surface area contributed by atoms with E-state index in [4.69, 9.17) is 5.26 Å². The summed E-state index contributed by atoms with van der Waals surface area (Å²) >= 11 is 0. The highest BCUT2D eigenvalue weighted by atomic mass is 17.8. The molecule has 0 aromatic rings. The number of rotatable bonds is 14. The summed E-state index contributed by atoms with van der Waals surface area (Å²) in [5.41, 5.74) is 0. The first-order valence-corrected chi connectivity index (χ1v) is 6.75. The summed E-state index contributed by atoms with van der Waals surface area (Å²) in [4.78, 5) is 4.52. The number of hydrogen-bond donors (Lipinski definition) is 2. The Kier molecular flexibility index (Phi) is 14.6. The zero-order valence-electron chi connectivity index (χ0n) is 11.2. The standard InChI is InChI=1S/C12H26O6/c1-2-12(13)10-8-6-4-3-5-7-9-11-15-17-18-16-14/h12-14H,2-11H2,1H3. The van der Waals surface area contributed by atoms with Gasteiger partial charge in [0.05, 0.1) is 12.7 Å². The molecule has 1 unspecified atom stereocenters. The molecule has 110 valence electrons. The first-order valence-electron chi connectivity index (χ1n) is 6.75. The molecule has 6 nitrogen and oxygen atoms in total. The van der Waals surface area contributed by atoms with Crippen molar-refractivity contribution < 1.29 is 30.4 Å². The van der Waals surface area contributed by atoms with Crippen molar-refractivity contribution in [3.8, 4) is 0 Å². The van der Waals surface area contributed by atoms with E-state index in [0.717, 1.165) is 38.5 Å². The highest BCUT2D eigenvalue weighted by molar-refractivity contribution is 4.53. The van der Waals surface area contributed by atoms with E-state index in [1.54, 1.807) is 0 Å². The smallest absolute Gasteiger partial charge is 0.0855 e. The van der Waals surface area contributed by atoms with E-state index in [-0.39, 0.29) is 6.10 Å². The molecular weight excluding hydrogens is 240 g/mol. The highest BCUT2D eigenvalue weighted by Gasteiger charge is 1.99. The normalized spacial score (nSPS) is 12.8. The van der Waals surface area contributed by atoms with Gasteiger partial charge in [-0.1, -0.05) is 45.4 Å². The number of aliphatic hydroxyl groups is 1. The van der Waals surface area contributed by atoms with Gasteiger partial charge in [0.1, 0.15) is 0 Å². The third-order valence-electron chi connectivity index (χ3n) is 2.84. The second-order valence-corrected chi connectivity index (χ2v) is 4.36. The minimum Gasteiger partial charge on any atom is -0.393 e. The molecule has 0 bridgehead atoms. The predicted octanol–water partition coefficient (Wildman–Crippen LogP) is 3.16. The zero-order chi connectivity index (χ0) is 13.5. The van der Waals surface area contributed by atoms with Crippen LogP contribution in [0, 0.1) is 0 Å². The molecule has 0 fully saturated rings. The fraction of sp³-hybridized carbons (Fsp3) is 1.00. The lowest BCUT2D eigenvalue weighted by atomic mass is 10.1. The van der Waals surface area contributed by atoms with Gasteiger partial charge in [-0.3, -0.25) is 0 Å². The Bertz CT molecular complexity index is 156. The van der Waals surface area contributed by atoms with Gasteiger partial charge in [-0.25, -0.2) is 10.1 Å². The van der Waals surface area contributed by atoms with Crippen LogP contribution in [0.2, 0.25) is 0 Å². The van der Waals surface area contributed by atoms with Gasteiger partial charge in [0.25, 0.3) is 0 Å². The molecule has 0 amide bonds. The molecule has 6 heteroatoms. The van der Waals surface area contributed by atoms with Crippen molar-refractivity contribution in [3.63, 3.8) is 0 Å². The van der Waals surface area contributed by atoms with Crippen molar-refractivity contribution >= 4 is 0 Å². The van der Waals surface area contributed by atoms with Crippen LogP contribution in [0.15, 0.2) is 0 Å². The van der Waals surface area contributed by atoms with Crippen molar-refractivity contribution in [2.45, 2.75) is 70.8 Å². The average Bonchev–Trinajstić information content (AvgIpc) is 2.39. The molecule has 0 aliphatic rings. The van der Waals surface area contributed by atoms with Crippen molar-refractivity contribution in [2.75, 3.05) is 6.61 Å². The molecule has 1 atom stereocenters. The molecular formula is C12H26O6. The minimum atomic E-state index is -0.118. The van der Waals surface area contributed by atoms with Crippen LogP contribution in [0.3, 0.4) is 0 Å². The minimum absolute atomic E-state index is 0.118. The summed E-state index contributed by atoms with van der Waals surface area (Å²) in [5.74, 6) is 0. The topological polar surface area (TPSA) is 77.4 Å². The SMILES string of the molecule is CCC(O)CCCCCCCCCOOOOO. The Labute approximate surface area is 109 Å². The predicted molar refractivity (Wildman–Crippen MR) is 65.1 cm³/mol. The molecule has 0 saturated carbocycles. The quantitative estimate of drug-likeness (QED) is 0.286. The Hall–Kier alpha value is -0.240. The van der Waals surface area contributed by atoms with Crippen LogP contribution in [-0.2, 0) is 20.0 Å². The zero-order valence-corrected chi connectivity index (χ0v) is 11.2. The molecule has 0 aromatic heterocycles. The number of aliphatic hydroxyl groups excluding tert-OH is 1. The van der Waals surface area contributed by atoms with Crippen LogP contribution in [0.4, 0.5) is 0 Å². The Morgan fingerprint density at radius 3 is 2.11 bits per heavy atom. The van der Waals surface area contributed by atoms with Crippen molar-refractivity contribution in [3.05, 3.63) is 0 Å². The van der Waals surface area contributed by atoms with Crippen LogP contribution in [0.25, 0.3) is 0 Å². The Balaban J connectivity index is 2.94. The van der Waals surface area contributed by atoms with Gasteiger partial charge in [0.2, 0.25) is 0 Å². The van der Waals surface area contributed by atoms with Crippen LogP contribution in [0.5, 0.6) is 0 Å². The van der Waals surface area contributed by atoms with E-state index in [1.807, 2.05) is 6.92 Å². The van der Waals surface area contributed by atoms with Gasteiger partial charge in [0, 0.05) is 0 Å². The maximum Gasteiger partial charge on any atom is 0.0855 e. The summed E-state index contributed by atoms with van der Waals surface area (Å²) < 4.78 is 0. The summed E-state index contributed by atoms with van der Waals surface area (Å²) in [6, 6.07) is 0. The first kappa shape index (κ1) is 17.8. The van der Waals surface area contributed by atoms with Gasteiger partial charge < -0.3 is 5.11 Å². The number of hydrogen-bond acceptors (Lipinski definition) is 6. The van der Waals surface area contributed by atoms with Crippen molar-refractivity contribution in [1.82, 2.24) is 0 Å². The van der Waals surface area contributed by atoms with E-state index in [2.05, 4.69) is 20.0 Å². The van der Waals surface area contributed by atoms with Gasteiger partial charge in [-0.05, 0) is 34.4 Å². The van der Waals surface area contributed by atoms with E-state index < -0.39 is 0 Å². The fourth-order valence-corrected chi connectivity index (χ4v) is 1.70. The molecule has 0 rings (SSSR count). The highest BCUT2D eigenvalue weighted by Crippen LogP contribution is 2.10. The van der Waals surface area contributed by atoms with Gasteiger partial charge in [-0.15, -0.1) is 0 Å². The average molecular weight is 266 g/mol. The lowest BCUT2D eigenvalue weighted by molar-refractivity contribution is -0.702. The van der Waals surface area contributed by atoms with Crippen LogP contribution < -0.4 is 0 Å². The van der Waals surface area contributed by atoms with Gasteiger partial charge >= 0.3 is 0 Å². The van der Waals surface area contributed by atoms with Gasteiger partial charge in [0.15, 0.2) is 0 Å². The molecule has 0 aliphatic carbocycles. The van der Waals surface area contributed by atoms with E-state index >= 15 is 0 Å². The molecule has 0 radical (unpaired) electrons. The second-order valence-electron chi connectivity index (χ2n) is 4.36. The largest absolute Gasteiger partial charge is 0.393 e. The second kappa shape index (κ2) is 14.8. The maximum atomic E-state index is 9.36. The maximum absolute atomic E-state index is 9.36. The third-order valence-corrected chi connectivity index (χ3v) is 2.84. The Morgan fingerprint density at radius 2 is 1.50 bits per heavy atom. The van der Waals surface area contributed by atoms with E-state index in [1.165, 1.54) is 19.3 Å². The molecule has 18 heavy (non-hydrogen) atoms. The summed E-state index contributed by atoms with van der Waals surface area (Å²) in [6.45, 7) is 2.42. The molecule has 0 aromatic carbocycles. The van der Waals surface area contributed by atoms with Crippen LogP contribution in [0.1, 0.15) is 64.7 Å². The molecule has 2 N–H and O–H groups in total. The number of unbranched alkanes of at least 4 members (excludes halogenated alkanes) is 6. The first-order chi connectivity index (χ1) is 8.81. The molecule has 0 aliphatic heterocycles. The summed E-state index contributed by atoms with van der Waals surface area (Å²) in [7, 11) is 0.